The van der Waals surface area contributed by atoms with E-state index in [2.05, 4.69) is 9.82 Å². The molecule has 0 fully saturated rings. The molecule has 0 aliphatic rings. The van der Waals surface area contributed by atoms with Gasteiger partial charge < -0.3 is 0 Å². The first-order valence-electron chi connectivity index (χ1n) is 6.63. The maximum atomic E-state index is 12.1. The van der Waals surface area contributed by atoms with E-state index in [1.54, 1.807) is 6.07 Å². The average Bonchev–Trinajstić information content (AvgIpc) is 2.97. The Hall–Kier alpha value is -0.890. The number of nitrogens with one attached hydrogen (secondary N) is 1. The lowest BCUT2D eigenvalue weighted by atomic mass is 10.1. The van der Waals surface area contributed by atoms with Crippen LogP contribution in [0.25, 0.3) is 0 Å². The first kappa shape index (κ1) is 16.5. The quantitative estimate of drug-likeness (QED) is 0.873. The minimum Gasteiger partial charge on any atom is -0.270 e. The summed E-state index contributed by atoms with van der Waals surface area (Å²) in [5, 5.41) is 4.43. The lowest BCUT2D eigenvalue weighted by molar-refractivity contribution is 0.583. The van der Waals surface area contributed by atoms with Crippen LogP contribution in [0.5, 0.6) is 0 Å². The summed E-state index contributed by atoms with van der Waals surface area (Å²) in [4.78, 5) is 0. The lowest BCUT2D eigenvalue weighted by Gasteiger charge is -2.05. The molecule has 2 aromatic heterocycles. The van der Waals surface area contributed by atoms with Gasteiger partial charge in [0.25, 0.3) is 0 Å². The molecule has 0 atom stereocenters. The van der Waals surface area contributed by atoms with Crippen LogP contribution in [0.4, 0.5) is 0 Å². The Kier molecular flexibility index (Phi) is 5.08. The van der Waals surface area contributed by atoms with Crippen LogP contribution in [0.15, 0.2) is 16.3 Å². The van der Waals surface area contributed by atoms with E-state index >= 15 is 0 Å². The second kappa shape index (κ2) is 6.48. The number of rotatable bonds is 6. The predicted octanol–water partition coefficient (Wildman–Crippen LogP) is 2.76. The van der Waals surface area contributed by atoms with Crippen LogP contribution < -0.4 is 4.72 Å². The molecule has 2 rings (SSSR count). The molecule has 5 nitrogen and oxygen atoms in total. The highest BCUT2D eigenvalue weighted by molar-refractivity contribution is 7.91. The SMILES string of the molecule is CCn1nc(C)c(CCNS(=O)(=O)c2ccc(Cl)s2)c1C. The van der Waals surface area contributed by atoms with Gasteiger partial charge in [-0.25, -0.2) is 13.1 Å². The van der Waals surface area contributed by atoms with Gasteiger partial charge in [-0.1, -0.05) is 11.6 Å². The molecule has 0 spiro atoms. The second-order valence-corrected chi connectivity index (χ2v) is 8.38. The van der Waals surface area contributed by atoms with Gasteiger partial charge in [0.15, 0.2) is 0 Å². The first-order valence-corrected chi connectivity index (χ1v) is 9.30. The summed E-state index contributed by atoms with van der Waals surface area (Å²) in [6, 6.07) is 3.10. The van der Waals surface area contributed by atoms with E-state index in [1.165, 1.54) is 6.07 Å². The van der Waals surface area contributed by atoms with Crippen LogP contribution in [0.3, 0.4) is 0 Å². The summed E-state index contributed by atoms with van der Waals surface area (Å²) in [5.41, 5.74) is 3.14. The Labute approximate surface area is 134 Å². The topological polar surface area (TPSA) is 64.0 Å². The van der Waals surface area contributed by atoms with Crippen LogP contribution in [0.1, 0.15) is 23.9 Å². The number of nitrogens with zero attached hydrogens (tertiary/aromatic N) is 2. The molecule has 0 amide bonds. The minimum atomic E-state index is -3.48. The van der Waals surface area contributed by atoms with Crippen molar-refractivity contribution in [1.29, 1.82) is 0 Å². The largest absolute Gasteiger partial charge is 0.270 e. The molecule has 2 aromatic rings. The maximum absolute atomic E-state index is 12.1. The predicted molar refractivity (Wildman–Crippen MR) is 85.6 cm³/mol. The fourth-order valence-corrected chi connectivity index (χ4v) is 4.79. The van der Waals surface area contributed by atoms with E-state index in [0.717, 1.165) is 34.8 Å². The molecule has 0 aromatic carbocycles. The highest BCUT2D eigenvalue weighted by atomic mass is 35.5. The summed E-state index contributed by atoms with van der Waals surface area (Å²) >= 11 is 6.83. The van der Waals surface area contributed by atoms with E-state index in [1.807, 2.05) is 25.5 Å². The molecule has 0 bridgehead atoms. The molecular weight excluding hydrogens is 330 g/mol. The zero-order chi connectivity index (χ0) is 15.6. The highest BCUT2D eigenvalue weighted by Crippen LogP contribution is 2.25. The third-order valence-electron chi connectivity index (χ3n) is 3.31. The monoisotopic (exact) mass is 347 g/mol. The molecule has 21 heavy (non-hydrogen) atoms. The van der Waals surface area contributed by atoms with Crippen LogP contribution in [0.2, 0.25) is 4.34 Å². The van der Waals surface area contributed by atoms with Gasteiger partial charge in [-0.2, -0.15) is 5.10 Å². The van der Waals surface area contributed by atoms with Gasteiger partial charge in [0.05, 0.1) is 10.0 Å². The van der Waals surface area contributed by atoms with Crippen molar-refractivity contribution >= 4 is 33.0 Å². The van der Waals surface area contributed by atoms with Crippen molar-refractivity contribution in [3.63, 3.8) is 0 Å². The van der Waals surface area contributed by atoms with Crippen LogP contribution in [-0.2, 0) is 23.0 Å². The molecule has 0 aliphatic carbocycles. The fourth-order valence-electron chi connectivity index (χ4n) is 2.23. The maximum Gasteiger partial charge on any atom is 0.250 e. The van der Waals surface area contributed by atoms with Gasteiger partial charge in [0, 0.05) is 18.8 Å². The van der Waals surface area contributed by atoms with Crippen molar-refractivity contribution in [3.8, 4) is 0 Å². The normalized spacial score (nSPS) is 12.0. The summed E-state index contributed by atoms with van der Waals surface area (Å²) in [6.45, 7) is 7.14. The number of aromatic nitrogens is 2. The van der Waals surface area contributed by atoms with E-state index in [-0.39, 0.29) is 4.21 Å². The number of thiophene rings is 1. The van der Waals surface area contributed by atoms with Gasteiger partial charge in [-0.3, -0.25) is 4.68 Å². The molecular formula is C13H18ClN3O2S2. The average molecular weight is 348 g/mol. The van der Waals surface area contributed by atoms with Gasteiger partial charge >= 0.3 is 0 Å². The van der Waals surface area contributed by atoms with E-state index in [4.69, 9.17) is 11.6 Å². The van der Waals surface area contributed by atoms with Crippen molar-refractivity contribution < 1.29 is 8.42 Å². The zero-order valence-electron chi connectivity index (χ0n) is 12.2. The Morgan fingerprint density at radius 2 is 2.10 bits per heavy atom. The number of sulfonamides is 1. The van der Waals surface area contributed by atoms with Crippen molar-refractivity contribution in [1.82, 2.24) is 14.5 Å². The van der Waals surface area contributed by atoms with Crippen LogP contribution in [-0.4, -0.2) is 24.7 Å². The molecule has 116 valence electrons. The molecule has 0 radical (unpaired) electrons. The van der Waals surface area contributed by atoms with Crippen LogP contribution >= 0.6 is 22.9 Å². The van der Waals surface area contributed by atoms with E-state index < -0.39 is 10.0 Å². The molecule has 0 unspecified atom stereocenters. The number of halogens is 1. The third kappa shape index (κ3) is 3.66. The molecule has 0 aliphatic heterocycles. The smallest absolute Gasteiger partial charge is 0.250 e. The van der Waals surface area contributed by atoms with E-state index in [9.17, 15) is 8.42 Å². The molecule has 2 heterocycles. The third-order valence-corrected chi connectivity index (χ3v) is 6.50. The van der Waals surface area contributed by atoms with Crippen molar-refractivity contribution in [2.75, 3.05) is 6.54 Å². The minimum absolute atomic E-state index is 0.241. The van der Waals surface area contributed by atoms with Gasteiger partial charge in [-0.05, 0) is 44.9 Å². The molecule has 8 heteroatoms. The standard InChI is InChI=1S/C13H18ClN3O2S2/c1-4-17-10(3)11(9(2)16-17)7-8-15-21(18,19)13-6-5-12(14)20-13/h5-6,15H,4,7-8H2,1-3H3. The Morgan fingerprint density at radius 1 is 1.38 bits per heavy atom. The highest BCUT2D eigenvalue weighted by Gasteiger charge is 2.17. The van der Waals surface area contributed by atoms with Crippen molar-refractivity contribution in [2.45, 2.75) is 37.9 Å². The van der Waals surface area contributed by atoms with Crippen molar-refractivity contribution in [2.24, 2.45) is 0 Å². The summed E-state index contributed by atoms with van der Waals surface area (Å²) < 4.78 is 29.4. The molecule has 0 saturated heterocycles. The summed E-state index contributed by atoms with van der Waals surface area (Å²) in [7, 11) is -3.48. The van der Waals surface area contributed by atoms with Gasteiger partial charge in [0.1, 0.15) is 4.21 Å². The zero-order valence-corrected chi connectivity index (χ0v) is 14.6. The Morgan fingerprint density at radius 3 is 2.62 bits per heavy atom. The van der Waals surface area contributed by atoms with Crippen LogP contribution in [0, 0.1) is 13.8 Å². The van der Waals surface area contributed by atoms with Gasteiger partial charge in [-0.15, -0.1) is 11.3 Å². The molecule has 0 saturated carbocycles. The number of aryl methyl sites for hydroxylation is 2. The fraction of sp³-hybridized carbons (Fsp3) is 0.462. The van der Waals surface area contributed by atoms with Crippen molar-refractivity contribution in [3.05, 3.63) is 33.4 Å². The number of hydrogen-bond donors (Lipinski definition) is 1. The summed E-state index contributed by atoms with van der Waals surface area (Å²) in [5.74, 6) is 0. The second-order valence-electron chi connectivity index (χ2n) is 4.67. The lowest BCUT2D eigenvalue weighted by Crippen LogP contribution is -2.25. The first-order chi connectivity index (χ1) is 9.85. The van der Waals surface area contributed by atoms with Gasteiger partial charge in [0.2, 0.25) is 10.0 Å². The molecule has 1 N–H and O–H groups in total. The Bertz CT molecular complexity index is 735. The van der Waals surface area contributed by atoms with E-state index in [0.29, 0.717) is 17.3 Å². The Balaban J connectivity index is 2.03. The summed E-state index contributed by atoms with van der Waals surface area (Å²) in [6.07, 6.45) is 0.621. The number of hydrogen-bond acceptors (Lipinski definition) is 4.